The molecule has 1 aliphatic rings. The number of methoxy groups -OCH3 is 1. The highest BCUT2D eigenvalue weighted by molar-refractivity contribution is 5.97. The lowest BCUT2D eigenvalue weighted by Crippen LogP contribution is -2.43. The molecule has 0 bridgehead atoms. The lowest BCUT2D eigenvalue weighted by atomic mass is 9.94. The van der Waals surface area contributed by atoms with Crippen LogP contribution in [0, 0.1) is 5.92 Å². The van der Waals surface area contributed by atoms with E-state index < -0.39 is 0 Å². The summed E-state index contributed by atoms with van der Waals surface area (Å²) in [6, 6.07) is 20.4. The van der Waals surface area contributed by atoms with E-state index in [1.54, 1.807) is 30.4 Å². The summed E-state index contributed by atoms with van der Waals surface area (Å²) >= 11 is 0. The Hall–Kier alpha value is -3.54. The third-order valence-corrected chi connectivity index (χ3v) is 5.74. The van der Waals surface area contributed by atoms with E-state index in [0.29, 0.717) is 43.0 Å². The van der Waals surface area contributed by atoms with Crippen LogP contribution in [0.15, 0.2) is 77.4 Å². The van der Waals surface area contributed by atoms with Crippen molar-refractivity contribution in [2.24, 2.45) is 5.92 Å². The van der Waals surface area contributed by atoms with Crippen molar-refractivity contribution >= 4 is 11.8 Å². The van der Waals surface area contributed by atoms with Crippen molar-refractivity contribution < 1.29 is 18.7 Å². The number of carbonyl (C=O) groups excluding carboxylic acids is 2. The summed E-state index contributed by atoms with van der Waals surface area (Å²) in [7, 11) is 1.56. The van der Waals surface area contributed by atoms with Crippen LogP contribution < -0.4 is 10.1 Å². The number of benzene rings is 2. The van der Waals surface area contributed by atoms with Gasteiger partial charge in [-0.05, 0) is 42.7 Å². The third-order valence-electron chi connectivity index (χ3n) is 5.74. The highest BCUT2D eigenvalue weighted by atomic mass is 16.5. The van der Waals surface area contributed by atoms with Crippen molar-refractivity contribution in [1.82, 2.24) is 10.2 Å². The molecule has 0 aliphatic carbocycles. The maximum atomic E-state index is 13.0. The van der Waals surface area contributed by atoms with E-state index in [4.69, 9.17) is 9.15 Å². The van der Waals surface area contributed by atoms with E-state index in [1.165, 1.54) is 0 Å². The average Bonchev–Trinajstić information content (AvgIpc) is 3.37. The Morgan fingerprint density at radius 2 is 1.71 bits per heavy atom. The van der Waals surface area contributed by atoms with Crippen molar-refractivity contribution in [1.29, 1.82) is 0 Å². The molecule has 1 N–H and O–H groups in total. The van der Waals surface area contributed by atoms with Gasteiger partial charge in [-0.15, -0.1) is 0 Å². The highest BCUT2D eigenvalue weighted by Gasteiger charge is 2.30. The lowest BCUT2D eigenvalue weighted by Gasteiger charge is -2.32. The summed E-state index contributed by atoms with van der Waals surface area (Å²) < 4.78 is 10.9. The molecule has 1 atom stereocenters. The largest absolute Gasteiger partial charge is 0.496 e. The first kappa shape index (κ1) is 20.7. The number of para-hydroxylation sites is 1. The molecule has 3 aromatic rings. The van der Waals surface area contributed by atoms with E-state index in [9.17, 15) is 9.59 Å². The molecule has 2 heterocycles. The number of rotatable bonds is 6. The number of hydrogen-bond donors (Lipinski definition) is 1. The van der Waals surface area contributed by atoms with Gasteiger partial charge in [-0.1, -0.05) is 42.5 Å². The molecule has 0 saturated carbocycles. The van der Waals surface area contributed by atoms with Gasteiger partial charge in [0.15, 0.2) is 0 Å². The maximum absolute atomic E-state index is 13.0. The van der Waals surface area contributed by atoms with Crippen molar-refractivity contribution in [3.8, 4) is 5.75 Å². The summed E-state index contributed by atoms with van der Waals surface area (Å²) in [5.41, 5.74) is 1.52. The van der Waals surface area contributed by atoms with E-state index in [0.717, 1.165) is 5.56 Å². The van der Waals surface area contributed by atoms with Gasteiger partial charge in [-0.25, -0.2) is 0 Å². The molecular weight excluding hydrogens is 392 g/mol. The molecule has 0 radical (unpaired) electrons. The zero-order valence-corrected chi connectivity index (χ0v) is 17.5. The number of furan rings is 1. The van der Waals surface area contributed by atoms with Crippen LogP contribution in [0.5, 0.6) is 5.75 Å². The van der Waals surface area contributed by atoms with Crippen LogP contribution in [-0.2, 0) is 4.79 Å². The maximum Gasteiger partial charge on any atom is 0.257 e. The number of nitrogens with zero attached hydrogens (tertiary/aromatic N) is 1. The topological polar surface area (TPSA) is 71.8 Å². The van der Waals surface area contributed by atoms with Gasteiger partial charge in [0.05, 0.1) is 18.9 Å². The predicted molar refractivity (Wildman–Crippen MR) is 117 cm³/mol. The Kier molecular flexibility index (Phi) is 6.36. The standard InChI is InChI=1S/C25H26N2O4/c1-30-21-11-6-5-10-20(21)25(29)27-15-13-19(14-16-27)24(28)26-23(22-12-7-17-31-22)18-8-3-2-4-9-18/h2-12,17,19,23H,13-16H2,1H3,(H,26,28). The molecule has 2 amide bonds. The van der Waals surface area contributed by atoms with Gasteiger partial charge in [-0.3, -0.25) is 9.59 Å². The Morgan fingerprint density at radius 1 is 1.00 bits per heavy atom. The Bertz CT molecular complexity index is 1010. The second-order valence-electron chi connectivity index (χ2n) is 7.63. The second kappa shape index (κ2) is 9.51. The summed E-state index contributed by atoms with van der Waals surface area (Å²) in [4.78, 5) is 27.7. The quantitative estimate of drug-likeness (QED) is 0.656. The van der Waals surface area contributed by atoms with Gasteiger partial charge in [0, 0.05) is 19.0 Å². The van der Waals surface area contributed by atoms with E-state index in [-0.39, 0.29) is 23.8 Å². The highest BCUT2D eigenvalue weighted by Crippen LogP contribution is 2.26. The van der Waals surface area contributed by atoms with E-state index in [1.807, 2.05) is 54.6 Å². The molecule has 1 aromatic heterocycles. The molecule has 1 unspecified atom stereocenters. The molecule has 1 fully saturated rings. The minimum atomic E-state index is -0.336. The van der Waals surface area contributed by atoms with Crippen LogP contribution in [0.25, 0.3) is 0 Å². The number of piperidine rings is 1. The SMILES string of the molecule is COc1ccccc1C(=O)N1CCC(C(=O)NC(c2ccccc2)c2ccco2)CC1. The number of amides is 2. The first-order valence-electron chi connectivity index (χ1n) is 10.5. The Morgan fingerprint density at radius 3 is 2.39 bits per heavy atom. The van der Waals surface area contributed by atoms with Gasteiger partial charge >= 0.3 is 0 Å². The number of likely N-dealkylation sites (tertiary alicyclic amines) is 1. The van der Waals surface area contributed by atoms with Gasteiger partial charge in [0.25, 0.3) is 5.91 Å². The summed E-state index contributed by atoms with van der Waals surface area (Å²) in [5, 5.41) is 3.14. The summed E-state index contributed by atoms with van der Waals surface area (Å²) in [6.07, 6.45) is 2.85. The molecule has 1 aliphatic heterocycles. The molecule has 160 valence electrons. The Labute approximate surface area is 181 Å². The number of ether oxygens (including phenoxy) is 1. The third kappa shape index (κ3) is 4.63. The van der Waals surface area contributed by atoms with E-state index >= 15 is 0 Å². The van der Waals surface area contributed by atoms with Gasteiger partial charge < -0.3 is 19.4 Å². The van der Waals surface area contributed by atoms with E-state index in [2.05, 4.69) is 5.32 Å². The van der Waals surface area contributed by atoms with Gasteiger partial charge in [-0.2, -0.15) is 0 Å². The molecule has 4 rings (SSSR count). The molecule has 2 aromatic carbocycles. The number of hydrogen-bond acceptors (Lipinski definition) is 4. The first-order valence-corrected chi connectivity index (χ1v) is 10.5. The van der Waals surface area contributed by atoms with Gasteiger partial charge in [0.1, 0.15) is 17.6 Å². The first-order chi connectivity index (χ1) is 15.2. The normalized spacial score (nSPS) is 15.3. The van der Waals surface area contributed by atoms with Crippen LogP contribution in [0.3, 0.4) is 0 Å². The van der Waals surface area contributed by atoms with Crippen molar-refractivity contribution in [3.63, 3.8) is 0 Å². The van der Waals surface area contributed by atoms with Crippen molar-refractivity contribution in [3.05, 3.63) is 89.9 Å². The molecule has 31 heavy (non-hydrogen) atoms. The monoisotopic (exact) mass is 418 g/mol. The second-order valence-corrected chi connectivity index (χ2v) is 7.63. The summed E-state index contributed by atoms with van der Waals surface area (Å²) in [6.45, 7) is 1.07. The fourth-order valence-corrected chi connectivity index (χ4v) is 4.02. The van der Waals surface area contributed by atoms with Crippen LogP contribution >= 0.6 is 0 Å². The molecule has 6 heteroatoms. The van der Waals surface area contributed by atoms with Crippen LogP contribution in [0.4, 0.5) is 0 Å². The molecule has 0 spiro atoms. The zero-order valence-electron chi connectivity index (χ0n) is 17.5. The Balaban J connectivity index is 1.40. The summed E-state index contributed by atoms with van der Waals surface area (Å²) in [5.74, 6) is 1.03. The molecule has 6 nitrogen and oxygen atoms in total. The lowest BCUT2D eigenvalue weighted by molar-refractivity contribution is -0.126. The van der Waals surface area contributed by atoms with Crippen LogP contribution in [0.2, 0.25) is 0 Å². The smallest absolute Gasteiger partial charge is 0.257 e. The number of carbonyl (C=O) groups is 2. The average molecular weight is 418 g/mol. The van der Waals surface area contributed by atoms with Crippen molar-refractivity contribution in [2.45, 2.75) is 18.9 Å². The fraction of sp³-hybridized carbons (Fsp3) is 0.280. The molecule has 1 saturated heterocycles. The number of nitrogens with one attached hydrogen (secondary N) is 1. The molecular formula is C25H26N2O4. The van der Waals surface area contributed by atoms with Gasteiger partial charge in [0.2, 0.25) is 5.91 Å². The fourth-order valence-electron chi connectivity index (χ4n) is 4.02. The predicted octanol–water partition coefficient (Wildman–Crippen LogP) is 4.05. The zero-order chi connectivity index (χ0) is 21.6. The minimum Gasteiger partial charge on any atom is -0.496 e. The minimum absolute atomic E-state index is 0.0188. The van der Waals surface area contributed by atoms with Crippen LogP contribution in [-0.4, -0.2) is 36.9 Å². The van der Waals surface area contributed by atoms with Crippen molar-refractivity contribution in [2.75, 3.05) is 20.2 Å². The van der Waals surface area contributed by atoms with Crippen LogP contribution in [0.1, 0.15) is 40.6 Å².